The lowest BCUT2D eigenvalue weighted by Crippen LogP contribution is -2.24. The molecule has 2 aromatic heterocycles. The second kappa shape index (κ2) is 6.28. The number of aryl methyl sites for hydroxylation is 1. The van der Waals surface area contributed by atoms with Crippen molar-refractivity contribution in [3.8, 4) is 11.3 Å². The third-order valence-corrected chi connectivity index (χ3v) is 3.84. The van der Waals surface area contributed by atoms with Crippen molar-refractivity contribution in [1.82, 2.24) is 15.0 Å². The number of pyridine rings is 1. The summed E-state index contributed by atoms with van der Waals surface area (Å²) >= 11 is 0. The van der Waals surface area contributed by atoms with Gasteiger partial charge in [-0.1, -0.05) is 0 Å². The van der Waals surface area contributed by atoms with Gasteiger partial charge >= 0.3 is 0 Å². The largest absolute Gasteiger partial charge is 0.355 e. The number of rotatable bonds is 4. The lowest BCUT2D eigenvalue weighted by atomic mass is 10.1. The predicted octanol–water partition coefficient (Wildman–Crippen LogP) is 3.99. The minimum atomic E-state index is -0.252. The van der Waals surface area contributed by atoms with Crippen LogP contribution in [-0.4, -0.2) is 28.0 Å². The van der Waals surface area contributed by atoms with Crippen LogP contribution in [0.25, 0.3) is 22.3 Å². The Morgan fingerprint density at radius 3 is 2.26 bits per heavy atom. The van der Waals surface area contributed by atoms with E-state index in [1.165, 1.54) is 12.1 Å². The molecule has 0 aliphatic carbocycles. The molecule has 0 radical (unpaired) electrons. The number of aromatic nitrogens is 3. The molecule has 0 saturated carbocycles. The van der Waals surface area contributed by atoms with Crippen LogP contribution in [0, 0.1) is 12.7 Å². The Morgan fingerprint density at radius 1 is 0.913 bits per heavy atom. The Labute approximate surface area is 135 Å². The monoisotopic (exact) mass is 310 g/mol. The Bertz CT molecular complexity index is 826. The van der Waals surface area contributed by atoms with Gasteiger partial charge in [-0.25, -0.2) is 19.3 Å². The molecule has 0 atom stereocenters. The van der Waals surface area contributed by atoms with Gasteiger partial charge in [0.2, 0.25) is 0 Å². The van der Waals surface area contributed by atoms with E-state index in [0.29, 0.717) is 0 Å². The number of benzene rings is 1. The van der Waals surface area contributed by atoms with Crippen LogP contribution >= 0.6 is 0 Å². The molecule has 1 aromatic carbocycles. The number of nitrogens with zero attached hydrogens (tertiary/aromatic N) is 4. The standard InChI is InChI=1S/C18H19FN4/c1-4-23(5-2)18-17-16(20-12(3)21-18)11-10-15(22-17)13-6-8-14(19)9-7-13/h6-11H,4-5H2,1-3H3. The summed E-state index contributed by atoms with van der Waals surface area (Å²) in [6, 6.07) is 10.2. The average molecular weight is 310 g/mol. The van der Waals surface area contributed by atoms with Gasteiger partial charge in [-0.15, -0.1) is 0 Å². The summed E-state index contributed by atoms with van der Waals surface area (Å²) in [7, 11) is 0. The molecule has 0 saturated heterocycles. The molecule has 3 rings (SSSR count). The molecule has 0 aliphatic rings. The van der Waals surface area contributed by atoms with Crippen LogP contribution in [0.1, 0.15) is 19.7 Å². The summed E-state index contributed by atoms with van der Waals surface area (Å²) < 4.78 is 13.1. The van der Waals surface area contributed by atoms with Crippen molar-refractivity contribution < 1.29 is 4.39 Å². The first-order chi connectivity index (χ1) is 11.1. The number of hydrogen-bond acceptors (Lipinski definition) is 4. The molecule has 4 nitrogen and oxygen atoms in total. The fraction of sp³-hybridized carbons (Fsp3) is 0.278. The van der Waals surface area contributed by atoms with E-state index in [1.54, 1.807) is 12.1 Å². The number of fused-ring (bicyclic) bond motifs is 1. The van der Waals surface area contributed by atoms with Gasteiger partial charge in [0.25, 0.3) is 0 Å². The number of anilines is 1. The normalized spacial score (nSPS) is 11.0. The topological polar surface area (TPSA) is 41.9 Å². The molecule has 0 N–H and O–H groups in total. The van der Waals surface area contributed by atoms with Gasteiger partial charge in [-0.2, -0.15) is 0 Å². The van der Waals surface area contributed by atoms with E-state index >= 15 is 0 Å². The van der Waals surface area contributed by atoms with Gasteiger partial charge in [0.1, 0.15) is 17.2 Å². The molecule has 3 aromatic rings. The van der Waals surface area contributed by atoms with Crippen molar-refractivity contribution in [3.63, 3.8) is 0 Å². The van der Waals surface area contributed by atoms with Crippen LogP contribution in [0.2, 0.25) is 0 Å². The quantitative estimate of drug-likeness (QED) is 0.731. The SMILES string of the molecule is CCN(CC)c1nc(C)nc2ccc(-c3ccc(F)cc3)nc12. The maximum atomic E-state index is 13.1. The van der Waals surface area contributed by atoms with Gasteiger partial charge < -0.3 is 4.90 Å². The van der Waals surface area contributed by atoms with E-state index in [2.05, 4.69) is 28.7 Å². The molecule has 23 heavy (non-hydrogen) atoms. The van der Waals surface area contributed by atoms with Crippen molar-refractivity contribution in [1.29, 1.82) is 0 Å². The Kier molecular flexibility index (Phi) is 4.19. The second-order valence-electron chi connectivity index (χ2n) is 5.34. The van der Waals surface area contributed by atoms with E-state index < -0.39 is 0 Å². The molecule has 118 valence electrons. The van der Waals surface area contributed by atoms with Crippen molar-refractivity contribution in [2.75, 3.05) is 18.0 Å². The molecule has 2 heterocycles. The van der Waals surface area contributed by atoms with Gasteiger partial charge in [-0.3, -0.25) is 0 Å². The molecule has 0 unspecified atom stereocenters. The van der Waals surface area contributed by atoms with E-state index in [1.807, 2.05) is 19.1 Å². The summed E-state index contributed by atoms with van der Waals surface area (Å²) in [5, 5.41) is 0. The van der Waals surface area contributed by atoms with Gasteiger partial charge in [0.15, 0.2) is 5.82 Å². The van der Waals surface area contributed by atoms with Gasteiger partial charge in [-0.05, 0) is 57.2 Å². The molecule has 0 amide bonds. The van der Waals surface area contributed by atoms with Crippen molar-refractivity contribution >= 4 is 16.9 Å². The van der Waals surface area contributed by atoms with E-state index in [9.17, 15) is 4.39 Å². The zero-order chi connectivity index (χ0) is 16.4. The Morgan fingerprint density at radius 2 is 1.61 bits per heavy atom. The minimum absolute atomic E-state index is 0.252. The van der Waals surface area contributed by atoms with Crippen molar-refractivity contribution in [2.45, 2.75) is 20.8 Å². The molecular weight excluding hydrogens is 291 g/mol. The van der Waals surface area contributed by atoms with Crippen molar-refractivity contribution in [3.05, 3.63) is 48.0 Å². The minimum Gasteiger partial charge on any atom is -0.355 e. The fourth-order valence-corrected chi connectivity index (χ4v) is 2.64. The van der Waals surface area contributed by atoms with Crippen LogP contribution in [0.5, 0.6) is 0 Å². The first-order valence-electron chi connectivity index (χ1n) is 7.78. The summed E-state index contributed by atoms with van der Waals surface area (Å²) in [6.07, 6.45) is 0. The molecule has 0 fully saturated rings. The predicted molar refractivity (Wildman–Crippen MR) is 91.0 cm³/mol. The maximum absolute atomic E-state index is 13.1. The summed E-state index contributed by atoms with van der Waals surface area (Å²) in [4.78, 5) is 16.0. The number of halogens is 1. The van der Waals surface area contributed by atoms with Crippen LogP contribution in [0.15, 0.2) is 36.4 Å². The van der Waals surface area contributed by atoms with Crippen LogP contribution in [-0.2, 0) is 0 Å². The Hall–Kier alpha value is -2.56. The van der Waals surface area contributed by atoms with E-state index in [4.69, 9.17) is 4.98 Å². The van der Waals surface area contributed by atoms with Gasteiger partial charge in [0.05, 0.1) is 11.2 Å². The molecule has 0 spiro atoms. The molecule has 0 aliphatic heterocycles. The van der Waals surface area contributed by atoms with Crippen molar-refractivity contribution in [2.24, 2.45) is 0 Å². The van der Waals surface area contributed by atoms with Crippen LogP contribution < -0.4 is 4.90 Å². The maximum Gasteiger partial charge on any atom is 0.158 e. The second-order valence-corrected chi connectivity index (χ2v) is 5.34. The third-order valence-electron chi connectivity index (χ3n) is 3.84. The highest BCUT2D eigenvalue weighted by Crippen LogP contribution is 2.26. The smallest absolute Gasteiger partial charge is 0.158 e. The average Bonchev–Trinajstić information content (AvgIpc) is 2.56. The lowest BCUT2D eigenvalue weighted by Gasteiger charge is -2.21. The number of hydrogen-bond donors (Lipinski definition) is 0. The first kappa shape index (κ1) is 15.3. The molecule has 0 bridgehead atoms. The molecular formula is C18H19FN4. The highest BCUT2D eigenvalue weighted by atomic mass is 19.1. The van der Waals surface area contributed by atoms with Crippen LogP contribution in [0.3, 0.4) is 0 Å². The van der Waals surface area contributed by atoms with E-state index in [0.717, 1.165) is 47.0 Å². The molecule has 5 heteroatoms. The fourth-order valence-electron chi connectivity index (χ4n) is 2.64. The van der Waals surface area contributed by atoms with Gasteiger partial charge in [0, 0.05) is 18.7 Å². The first-order valence-corrected chi connectivity index (χ1v) is 7.78. The van der Waals surface area contributed by atoms with Crippen LogP contribution in [0.4, 0.5) is 10.2 Å². The summed E-state index contributed by atoms with van der Waals surface area (Å²) in [6.45, 7) is 7.78. The highest BCUT2D eigenvalue weighted by molar-refractivity contribution is 5.87. The van der Waals surface area contributed by atoms with E-state index in [-0.39, 0.29) is 5.82 Å². The summed E-state index contributed by atoms with van der Waals surface area (Å²) in [5.74, 6) is 1.33. The zero-order valence-electron chi connectivity index (χ0n) is 13.5. The third kappa shape index (κ3) is 2.99. The lowest BCUT2D eigenvalue weighted by molar-refractivity contribution is 0.628. The highest BCUT2D eigenvalue weighted by Gasteiger charge is 2.13. The summed E-state index contributed by atoms with van der Waals surface area (Å²) in [5.41, 5.74) is 3.27. The zero-order valence-corrected chi connectivity index (χ0v) is 13.5. The Balaban J connectivity index is 2.19.